The minimum Gasteiger partial charge on any atom is -0.358 e. The van der Waals surface area contributed by atoms with Crippen molar-refractivity contribution in [2.24, 2.45) is 0 Å². The van der Waals surface area contributed by atoms with Crippen molar-refractivity contribution in [2.45, 2.75) is 19.9 Å². The fourth-order valence-electron chi connectivity index (χ4n) is 3.13. The summed E-state index contributed by atoms with van der Waals surface area (Å²) in [6, 6.07) is 15.9. The molecule has 130 valence electrons. The number of nitrogens with zero attached hydrogens (tertiary/aromatic N) is 1. The van der Waals surface area contributed by atoms with Gasteiger partial charge in [-0.3, -0.25) is 4.79 Å². The normalized spacial score (nSPS) is 12.5. The lowest BCUT2D eigenvalue weighted by Gasteiger charge is -2.23. The smallest absolute Gasteiger partial charge is 0.251 e. The summed E-state index contributed by atoms with van der Waals surface area (Å²) in [6.07, 6.45) is 0. The van der Waals surface area contributed by atoms with Crippen molar-refractivity contribution < 1.29 is 4.79 Å². The summed E-state index contributed by atoms with van der Waals surface area (Å²) in [4.78, 5) is 18.3. The van der Waals surface area contributed by atoms with Crippen LogP contribution in [0.1, 0.15) is 33.2 Å². The van der Waals surface area contributed by atoms with Crippen LogP contribution in [-0.2, 0) is 0 Å². The molecule has 0 aliphatic rings. The number of carbonyl (C=O) groups excluding carboxylic acids is 1. The van der Waals surface area contributed by atoms with Crippen LogP contribution < -0.4 is 5.32 Å². The first kappa shape index (κ1) is 17.2. The number of likely N-dealkylation sites (N-methyl/N-ethyl adjacent to an activating group) is 1. The Bertz CT molecular complexity index is 881. The van der Waals surface area contributed by atoms with Gasteiger partial charge in [0.15, 0.2) is 0 Å². The summed E-state index contributed by atoms with van der Waals surface area (Å²) >= 11 is 0. The molecule has 1 heterocycles. The number of aromatic amines is 1. The second-order valence-electron chi connectivity index (χ2n) is 6.83. The van der Waals surface area contributed by atoms with Gasteiger partial charge in [-0.1, -0.05) is 30.3 Å². The molecule has 0 spiro atoms. The lowest BCUT2D eigenvalue weighted by Crippen LogP contribution is -2.35. The van der Waals surface area contributed by atoms with Crippen molar-refractivity contribution in [3.8, 4) is 0 Å². The van der Waals surface area contributed by atoms with Gasteiger partial charge in [-0.15, -0.1) is 0 Å². The zero-order chi connectivity index (χ0) is 18.0. The molecule has 0 unspecified atom stereocenters. The van der Waals surface area contributed by atoms with Gasteiger partial charge in [0.05, 0.1) is 6.04 Å². The molecule has 0 bridgehead atoms. The van der Waals surface area contributed by atoms with Gasteiger partial charge in [-0.2, -0.15) is 0 Å². The Morgan fingerprint density at radius 1 is 1.12 bits per heavy atom. The molecule has 2 aromatic carbocycles. The Morgan fingerprint density at radius 3 is 2.52 bits per heavy atom. The predicted octanol–water partition coefficient (Wildman–Crippen LogP) is 3.82. The number of hydrogen-bond donors (Lipinski definition) is 2. The first-order valence-corrected chi connectivity index (χ1v) is 8.55. The molecule has 1 amide bonds. The van der Waals surface area contributed by atoms with Gasteiger partial charge >= 0.3 is 0 Å². The van der Waals surface area contributed by atoms with E-state index in [4.69, 9.17) is 0 Å². The third-order valence-electron chi connectivity index (χ3n) is 4.63. The summed E-state index contributed by atoms with van der Waals surface area (Å²) in [7, 11) is 4.03. The maximum Gasteiger partial charge on any atom is 0.251 e. The summed E-state index contributed by atoms with van der Waals surface area (Å²) in [5.74, 6) is -0.0455. The van der Waals surface area contributed by atoms with Gasteiger partial charge in [0, 0.05) is 28.7 Å². The molecule has 0 aliphatic heterocycles. The second-order valence-corrected chi connectivity index (χ2v) is 6.83. The standard InChI is InChI=1S/C21H25N3O/c1-14-15(2)22-19-11-10-17(12-18(14)19)21(25)23-20(13-24(3)4)16-8-6-5-7-9-16/h5-12,20,22H,13H2,1-4H3,(H,23,25)/t20-/m1/s1. The van der Waals surface area contributed by atoms with Gasteiger partial charge in [0.2, 0.25) is 0 Å². The molecule has 3 aromatic rings. The molecule has 0 saturated carbocycles. The summed E-state index contributed by atoms with van der Waals surface area (Å²) in [6.45, 7) is 4.88. The highest BCUT2D eigenvalue weighted by atomic mass is 16.1. The summed E-state index contributed by atoms with van der Waals surface area (Å²) in [5, 5.41) is 4.29. The number of amides is 1. The summed E-state index contributed by atoms with van der Waals surface area (Å²) < 4.78 is 0. The number of H-pyrrole nitrogens is 1. The van der Waals surface area contributed by atoms with Crippen LogP contribution in [0, 0.1) is 13.8 Å². The summed E-state index contributed by atoms with van der Waals surface area (Å²) in [5.41, 5.74) is 5.20. The number of aromatic nitrogens is 1. The molecule has 0 aliphatic carbocycles. The lowest BCUT2D eigenvalue weighted by atomic mass is 10.0. The van der Waals surface area contributed by atoms with Crippen molar-refractivity contribution in [3.63, 3.8) is 0 Å². The minimum atomic E-state index is -0.0477. The number of aryl methyl sites for hydroxylation is 2. The number of fused-ring (bicyclic) bond motifs is 1. The molecule has 2 N–H and O–H groups in total. The largest absolute Gasteiger partial charge is 0.358 e. The Kier molecular flexibility index (Phi) is 4.91. The SMILES string of the molecule is Cc1[nH]c2ccc(C(=O)N[C@H](CN(C)C)c3ccccc3)cc2c1C. The molecule has 25 heavy (non-hydrogen) atoms. The molecule has 1 aromatic heterocycles. The van der Waals surface area contributed by atoms with Crippen molar-refractivity contribution in [2.75, 3.05) is 20.6 Å². The van der Waals surface area contributed by atoms with Crippen LogP contribution in [0.3, 0.4) is 0 Å². The molecule has 1 atom stereocenters. The van der Waals surface area contributed by atoms with Crippen LogP contribution in [0.5, 0.6) is 0 Å². The number of hydrogen-bond acceptors (Lipinski definition) is 2. The Balaban J connectivity index is 1.87. The molecule has 0 fully saturated rings. The van der Waals surface area contributed by atoms with Crippen LogP contribution in [0.4, 0.5) is 0 Å². The van der Waals surface area contributed by atoms with E-state index in [1.165, 1.54) is 5.56 Å². The quantitative estimate of drug-likeness (QED) is 0.745. The highest BCUT2D eigenvalue weighted by molar-refractivity contribution is 5.99. The Labute approximate surface area is 148 Å². The number of carbonyl (C=O) groups is 1. The first-order valence-electron chi connectivity index (χ1n) is 8.55. The van der Waals surface area contributed by atoms with Crippen LogP contribution in [0.25, 0.3) is 10.9 Å². The monoisotopic (exact) mass is 335 g/mol. The zero-order valence-electron chi connectivity index (χ0n) is 15.3. The molecule has 3 rings (SSSR count). The van der Waals surface area contributed by atoms with Crippen molar-refractivity contribution in [3.05, 3.63) is 70.9 Å². The third-order valence-corrected chi connectivity index (χ3v) is 4.63. The van der Waals surface area contributed by atoms with Crippen LogP contribution in [0.2, 0.25) is 0 Å². The van der Waals surface area contributed by atoms with Crippen molar-refractivity contribution in [1.82, 2.24) is 15.2 Å². The third kappa shape index (κ3) is 3.74. The van der Waals surface area contributed by atoms with E-state index in [0.29, 0.717) is 5.56 Å². The molecule has 0 radical (unpaired) electrons. The van der Waals surface area contributed by atoms with Crippen LogP contribution in [-0.4, -0.2) is 36.4 Å². The van der Waals surface area contributed by atoms with E-state index in [0.717, 1.165) is 28.7 Å². The van der Waals surface area contributed by atoms with Gasteiger partial charge in [0.25, 0.3) is 5.91 Å². The highest BCUT2D eigenvalue weighted by Crippen LogP contribution is 2.23. The second kappa shape index (κ2) is 7.11. The van der Waals surface area contributed by atoms with E-state index in [-0.39, 0.29) is 11.9 Å². The topological polar surface area (TPSA) is 48.1 Å². The maximum absolute atomic E-state index is 12.8. The number of rotatable bonds is 5. The van der Waals surface area contributed by atoms with Crippen LogP contribution in [0.15, 0.2) is 48.5 Å². The number of nitrogens with one attached hydrogen (secondary N) is 2. The first-order chi connectivity index (χ1) is 12.0. The highest BCUT2D eigenvalue weighted by Gasteiger charge is 2.17. The van der Waals surface area contributed by atoms with E-state index in [2.05, 4.69) is 41.2 Å². The van der Waals surface area contributed by atoms with E-state index >= 15 is 0 Å². The predicted molar refractivity (Wildman–Crippen MR) is 103 cm³/mol. The van der Waals surface area contributed by atoms with Gasteiger partial charge < -0.3 is 15.2 Å². The minimum absolute atomic E-state index is 0.0455. The molecule has 4 nitrogen and oxygen atoms in total. The van der Waals surface area contributed by atoms with Crippen molar-refractivity contribution >= 4 is 16.8 Å². The van der Waals surface area contributed by atoms with E-state index in [1.54, 1.807) is 0 Å². The van der Waals surface area contributed by atoms with Gasteiger partial charge in [-0.05, 0) is 57.3 Å². The van der Waals surface area contributed by atoms with Gasteiger partial charge in [0.1, 0.15) is 0 Å². The average molecular weight is 335 g/mol. The van der Waals surface area contributed by atoms with E-state index in [9.17, 15) is 4.79 Å². The molecular formula is C21H25N3O. The molecule has 4 heteroatoms. The number of benzene rings is 2. The fourth-order valence-corrected chi connectivity index (χ4v) is 3.13. The van der Waals surface area contributed by atoms with E-state index < -0.39 is 0 Å². The molecule has 0 saturated heterocycles. The van der Waals surface area contributed by atoms with Crippen molar-refractivity contribution in [1.29, 1.82) is 0 Å². The Morgan fingerprint density at radius 2 is 1.84 bits per heavy atom. The fraction of sp³-hybridized carbons (Fsp3) is 0.286. The lowest BCUT2D eigenvalue weighted by molar-refractivity contribution is 0.0930. The molecular weight excluding hydrogens is 310 g/mol. The average Bonchev–Trinajstić information content (AvgIpc) is 2.88. The van der Waals surface area contributed by atoms with Crippen LogP contribution >= 0.6 is 0 Å². The Hall–Kier alpha value is -2.59. The van der Waals surface area contributed by atoms with E-state index in [1.807, 2.05) is 50.5 Å². The zero-order valence-corrected chi connectivity index (χ0v) is 15.3. The van der Waals surface area contributed by atoms with Gasteiger partial charge in [-0.25, -0.2) is 0 Å². The maximum atomic E-state index is 12.8.